The van der Waals surface area contributed by atoms with Gasteiger partial charge in [-0.1, -0.05) is 32.0 Å². The van der Waals surface area contributed by atoms with Gasteiger partial charge in [-0.15, -0.1) is 0 Å². The smallest absolute Gasteiger partial charge is 0.351 e. The third-order valence-corrected chi connectivity index (χ3v) is 6.32. The summed E-state index contributed by atoms with van der Waals surface area (Å²) in [4.78, 5) is 25.2. The molecular formula is C18H20O5. The largest absolute Gasteiger partial charge is 0.489 e. The average Bonchev–Trinajstić information content (AvgIpc) is 3.05. The molecule has 0 radical (unpaired) electrons. The summed E-state index contributed by atoms with van der Waals surface area (Å²) in [5.41, 5.74) is -1.54. The molecule has 122 valence electrons. The van der Waals surface area contributed by atoms with Crippen molar-refractivity contribution < 1.29 is 23.8 Å². The molecule has 2 heterocycles. The van der Waals surface area contributed by atoms with Gasteiger partial charge in [0.25, 0.3) is 0 Å². The second-order valence-electron chi connectivity index (χ2n) is 7.42. The van der Waals surface area contributed by atoms with E-state index in [1.807, 2.05) is 45.0 Å². The summed E-state index contributed by atoms with van der Waals surface area (Å²) in [7, 11) is 0. The van der Waals surface area contributed by atoms with Crippen molar-refractivity contribution >= 4 is 11.9 Å². The zero-order valence-corrected chi connectivity index (χ0v) is 13.5. The molecule has 1 aliphatic carbocycles. The number of benzene rings is 1. The lowest BCUT2D eigenvalue weighted by molar-refractivity contribution is -0.187. The molecule has 0 amide bonds. The van der Waals surface area contributed by atoms with E-state index in [-0.39, 0.29) is 5.97 Å². The summed E-state index contributed by atoms with van der Waals surface area (Å²) in [6.07, 6.45) is 0.706. The van der Waals surface area contributed by atoms with Crippen molar-refractivity contribution in [3.63, 3.8) is 0 Å². The number of rotatable bonds is 2. The number of hydrogen-bond acceptors (Lipinski definition) is 5. The third kappa shape index (κ3) is 1.57. The van der Waals surface area contributed by atoms with Crippen molar-refractivity contribution in [2.45, 2.75) is 45.3 Å². The van der Waals surface area contributed by atoms with Crippen molar-refractivity contribution in [3.05, 3.63) is 29.8 Å². The highest BCUT2D eigenvalue weighted by Gasteiger charge is 2.76. The molecule has 0 spiro atoms. The zero-order valence-electron chi connectivity index (χ0n) is 13.5. The van der Waals surface area contributed by atoms with Crippen LogP contribution in [0.3, 0.4) is 0 Å². The Hall–Kier alpha value is -2.04. The standard InChI is InChI=1S/C18H20O5/c1-16(2)17(3)8-9-18(16,23-14(17)19)15(20)22-13-10-21-12-7-5-4-6-11(12)13/h4-7,13H,8-10H2,1-3H3/t13-,17+,18-/m1/s1. The maximum atomic E-state index is 12.9. The van der Waals surface area contributed by atoms with Gasteiger partial charge < -0.3 is 14.2 Å². The molecule has 1 saturated heterocycles. The van der Waals surface area contributed by atoms with E-state index in [1.165, 1.54) is 0 Å². The van der Waals surface area contributed by atoms with Gasteiger partial charge >= 0.3 is 11.9 Å². The molecule has 0 unspecified atom stereocenters. The first-order valence-corrected chi connectivity index (χ1v) is 7.98. The van der Waals surface area contributed by atoms with Crippen LogP contribution in [0.15, 0.2) is 24.3 Å². The highest BCUT2D eigenvalue weighted by Crippen LogP contribution is 2.66. The minimum atomic E-state index is -1.18. The number of hydrogen-bond donors (Lipinski definition) is 0. The predicted octanol–water partition coefficient (Wildman–Crippen LogP) is 2.79. The van der Waals surface area contributed by atoms with Gasteiger partial charge in [-0.2, -0.15) is 0 Å². The first-order valence-electron chi connectivity index (χ1n) is 7.98. The van der Waals surface area contributed by atoms with Gasteiger partial charge in [-0.05, 0) is 25.8 Å². The van der Waals surface area contributed by atoms with E-state index in [0.717, 1.165) is 11.3 Å². The molecular weight excluding hydrogens is 296 g/mol. The second-order valence-corrected chi connectivity index (χ2v) is 7.42. The molecule has 23 heavy (non-hydrogen) atoms. The van der Waals surface area contributed by atoms with Crippen LogP contribution in [0.2, 0.25) is 0 Å². The lowest BCUT2D eigenvalue weighted by atomic mass is 9.66. The minimum Gasteiger partial charge on any atom is -0.489 e. The fourth-order valence-electron chi connectivity index (χ4n) is 4.16. The van der Waals surface area contributed by atoms with E-state index in [9.17, 15) is 9.59 Å². The molecule has 1 aromatic carbocycles. The highest BCUT2D eigenvalue weighted by molar-refractivity contribution is 5.93. The zero-order chi connectivity index (χ0) is 16.5. The highest BCUT2D eigenvalue weighted by atomic mass is 16.6. The molecule has 5 nitrogen and oxygen atoms in total. The van der Waals surface area contributed by atoms with E-state index >= 15 is 0 Å². The predicted molar refractivity (Wildman–Crippen MR) is 80.7 cm³/mol. The lowest BCUT2D eigenvalue weighted by Crippen LogP contribution is -2.49. The lowest BCUT2D eigenvalue weighted by Gasteiger charge is -2.35. The van der Waals surface area contributed by atoms with Crippen LogP contribution in [0.1, 0.15) is 45.3 Å². The van der Waals surface area contributed by atoms with Crippen LogP contribution >= 0.6 is 0 Å². The molecule has 1 aromatic rings. The van der Waals surface area contributed by atoms with Crippen molar-refractivity contribution in [2.75, 3.05) is 6.61 Å². The van der Waals surface area contributed by atoms with Gasteiger partial charge in [-0.3, -0.25) is 4.79 Å². The van der Waals surface area contributed by atoms with Gasteiger partial charge in [0.1, 0.15) is 12.4 Å². The van der Waals surface area contributed by atoms with E-state index < -0.39 is 28.5 Å². The van der Waals surface area contributed by atoms with Gasteiger partial charge in [-0.25, -0.2) is 4.79 Å². The van der Waals surface area contributed by atoms with Crippen LogP contribution < -0.4 is 4.74 Å². The van der Waals surface area contributed by atoms with Crippen LogP contribution in [0.5, 0.6) is 5.75 Å². The average molecular weight is 316 g/mol. The molecule has 1 saturated carbocycles. The van der Waals surface area contributed by atoms with Crippen LogP contribution in [-0.4, -0.2) is 24.1 Å². The number of fused-ring (bicyclic) bond motifs is 3. The molecule has 0 N–H and O–H groups in total. The summed E-state index contributed by atoms with van der Waals surface area (Å²) < 4.78 is 16.9. The Morgan fingerprint density at radius 2 is 1.96 bits per heavy atom. The topological polar surface area (TPSA) is 61.8 Å². The maximum absolute atomic E-state index is 12.9. The molecule has 2 aliphatic heterocycles. The van der Waals surface area contributed by atoms with Crippen molar-refractivity contribution in [2.24, 2.45) is 10.8 Å². The number of esters is 2. The van der Waals surface area contributed by atoms with E-state index in [2.05, 4.69) is 0 Å². The summed E-state index contributed by atoms with van der Waals surface area (Å²) in [6.45, 7) is 6.02. The summed E-state index contributed by atoms with van der Waals surface area (Å²) in [5, 5.41) is 0. The second kappa shape index (κ2) is 4.28. The Morgan fingerprint density at radius 3 is 2.61 bits per heavy atom. The third-order valence-electron chi connectivity index (χ3n) is 6.32. The molecule has 3 atom stereocenters. The quantitative estimate of drug-likeness (QED) is 0.785. The van der Waals surface area contributed by atoms with Crippen LogP contribution in [0.4, 0.5) is 0 Å². The fourth-order valence-corrected chi connectivity index (χ4v) is 4.16. The van der Waals surface area contributed by atoms with E-state index in [1.54, 1.807) is 0 Å². The molecule has 2 fully saturated rings. The molecule has 5 heteroatoms. The van der Waals surface area contributed by atoms with Gasteiger partial charge in [0.05, 0.1) is 5.41 Å². The number of para-hydroxylation sites is 1. The molecule has 3 aliphatic rings. The summed E-state index contributed by atoms with van der Waals surface area (Å²) in [6, 6.07) is 7.51. The summed E-state index contributed by atoms with van der Waals surface area (Å²) >= 11 is 0. The number of carbonyl (C=O) groups excluding carboxylic acids is 2. The first-order chi connectivity index (χ1) is 10.8. The van der Waals surface area contributed by atoms with Crippen molar-refractivity contribution in [1.82, 2.24) is 0 Å². The maximum Gasteiger partial charge on any atom is 0.351 e. The monoisotopic (exact) mass is 316 g/mol. The Balaban J connectivity index is 1.63. The van der Waals surface area contributed by atoms with Gasteiger partial charge in [0.15, 0.2) is 6.10 Å². The molecule has 2 bridgehead atoms. The molecule has 0 aromatic heterocycles. The van der Waals surface area contributed by atoms with Crippen molar-refractivity contribution in [1.29, 1.82) is 0 Å². The van der Waals surface area contributed by atoms with Gasteiger partial charge in [0, 0.05) is 11.0 Å². The number of carbonyl (C=O) groups is 2. The Labute approximate surface area is 134 Å². The normalized spacial score (nSPS) is 36.3. The number of ether oxygens (including phenoxy) is 3. The molecule has 4 rings (SSSR count). The van der Waals surface area contributed by atoms with Crippen LogP contribution in [-0.2, 0) is 19.1 Å². The first kappa shape index (κ1) is 14.5. The van der Waals surface area contributed by atoms with E-state index in [0.29, 0.717) is 19.4 Å². The fraction of sp³-hybridized carbons (Fsp3) is 0.556. The van der Waals surface area contributed by atoms with Gasteiger partial charge in [0.2, 0.25) is 5.60 Å². The van der Waals surface area contributed by atoms with E-state index in [4.69, 9.17) is 14.2 Å². The van der Waals surface area contributed by atoms with Crippen LogP contribution in [0.25, 0.3) is 0 Å². The summed E-state index contributed by atoms with van der Waals surface area (Å²) in [5.74, 6) is -0.0158. The van der Waals surface area contributed by atoms with Crippen LogP contribution in [0, 0.1) is 10.8 Å². The SMILES string of the molecule is CC1(C)[C@@]2(C)CC[C@]1(C(=O)O[C@@H]1COc3ccccc31)OC2=O. The Bertz CT molecular complexity index is 709. The Kier molecular flexibility index (Phi) is 2.70. The van der Waals surface area contributed by atoms with Crippen molar-refractivity contribution in [3.8, 4) is 5.75 Å². The minimum absolute atomic E-state index is 0.297. The Morgan fingerprint density at radius 1 is 1.22 bits per heavy atom.